The zero-order chi connectivity index (χ0) is 14.1. The third-order valence-electron chi connectivity index (χ3n) is 3.96. The Morgan fingerprint density at radius 2 is 1.95 bits per heavy atom. The van der Waals surface area contributed by atoms with E-state index in [-0.39, 0.29) is 6.10 Å². The van der Waals surface area contributed by atoms with E-state index in [0.29, 0.717) is 6.04 Å². The van der Waals surface area contributed by atoms with Gasteiger partial charge in [-0.15, -0.1) is 0 Å². The Balaban J connectivity index is 1.92. The Hall–Kier alpha value is -1.13. The number of aliphatic hydroxyl groups is 1. The Morgan fingerprint density at radius 1 is 1.20 bits per heavy atom. The van der Waals surface area contributed by atoms with Crippen LogP contribution in [-0.2, 0) is 0 Å². The monoisotopic (exact) mass is 334 g/mol. The van der Waals surface area contributed by atoms with Gasteiger partial charge in [-0.1, -0.05) is 15.9 Å². The third kappa shape index (κ3) is 2.96. The first-order chi connectivity index (χ1) is 9.61. The maximum Gasteiger partial charge on any atom is 0.0726 e. The smallest absolute Gasteiger partial charge is 0.0726 e. The second-order valence-corrected chi connectivity index (χ2v) is 6.54. The van der Waals surface area contributed by atoms with Gasteiger partial charge in [0.1, 0.15) is 0 Å². The molecule has 0 atom stereocenters. The molecule has 1 aromatic heterocycles. The Kier molecular flexibility index (Phi) is 3.94. The van der Waals surface area contributed by atoms with Crippen molar-refractivity contribution in [3.63, 3.8) is 0 Å². The van der Waals surface area contributed by atoms with Crippen molar-refractivity contribution in [1.29, 1.82) is 0 Å². The predicted molar refractivity (Wildman–Crippen MR) is 86.1 cm³/mol. The van der Waals surface area contributed by atoms with Crippen LogP contribution in [0.5, 0.6) is 0 Å². The summed E-state index contributed by atoms with van der Waals surface area (Å²) in [6.07, 6.45) is 3.72. The minimum absolute atomic E-state index is 0.113. The van der Waals surface area contributed by atoms with Gasteiger partial charge in [0.25, 0.3) is 0 Å². The average molecular weight is 335 g/mol. The molecule has 3 rings (SSSR count). The van der Waals surface area contributed by atoms with Gasteiger partial charge in [-0.2, -0.15) is 0 Å². The Bertz CT molecular complexity index is 621. The molecule has 0 radical (unpaired) electrons. The Morgan fingerprint density at radius 3 is 2.70 bits per heavy atom. The average Bonchev–Trinajstić information content (AvgIpc) is 2.42. The fraction of sp³-hybridized carbons (Fsp3) is 0.438. The lowest BCUT2D eigenvalue weighted by Crippen LogP contribution is -2.28. The van der Waals surface area contributed by atoms with Gasteiger partial charge in [-0.3, -0.25) is 4.98 Å². The van der Waals surface area contributed by atoms with Crippen LogP contribution in [0, 0.1) is 6.92 Å². The number of anilines is 1. The molecule has 1 aliphatic rings. The van der Waals surface area contributed by atoms with Crippen LogP contribution in [0.4, 0.5) is 5.69 Å². The van der Waals surface area contributed by atoms with Gasteiger partial charge in [0.05, 0.1) is 11.6 Å². The molecule has 0 spiro atoms. The van der Waals surface area contributed by atoms with Crippen LogP contribution < -0.4 is 5.32 Å². The standard InChI is InChI=1S/C16H19BrN2O/c1-10-8-16(19-12-3-5-13(20)6-4-12)14-9-11(17)2-7-15(14)18-10/h2,7-9,12-13,20H,3-6H2,1H3,(H,18,19). The van der Waals surface area contributed by atoms with Crippen LogP contribution in [0.15, 0.2) is 28.7 Å². The molecule has 0 unspecified atom stereocenters. The first-order valence-corrected chi connectivity index (χ1v) is 7.92. The number of hydrogen-bond acceptors (Lipinski definition) is 3. The van der Waals surface area contributed by atoms with Crippen molar-refractivity contribution in [2.45, 2.75) is 44.8 Å². The van der Waals surface area contributed by atoms with Crippen LogP contribution in [0.25, 0.3) is 10.9 Å². The molecule has 4 heteroatoms. The summed E-state index contributed by atoms with van der Waals surface area (Å²) in [6.45, 7) is 2.03. The van der Waals surface area contributed by atoms with Crippen LogP contribution in [0.2, 0.25) is 0 Å². The molecule has 0 bridgehead atoms. The zero-order valence-corrected chi connectivity index (χ0v) is 13.2. The summed E-state index contributed by atoms with van der Waals surface area (Å²) >= 11 is 3.53. The summed E-state index contributed by atoms with van der Waals surface area (Å²) in [5, 5.41) is 14.4. The quantitative estimate of drug-likeness (QED) is 0.871. The van der Waals surface area contributed by atoms with Crippen LogP contribution in [-0.4, -0.2) is 22.2 Å². The van der Waals surface area contributed by atoms with Gasteiger partial charge >= 0.3 is 0 Å². The van der Waals surface area contributed by atoms with E-state index in [4.69, 9.17) is 0 Å². The van der Waals surface area contributed by atoms with Gasteiger partial charge in [0, 0.05) is 27.3 Å². The molecule has 2 N–H and O–H groups in total. The van der Waals surface area contributed by atoms with E-state index in [1.807, 2.05) is 19.1 Å². The molecule has 0 aliphatic heterocycles. The van der Waals surface area contributed by atoms with Crippen molar-refractivity contribution in [3.05, 3.63) is 34.4 Å². The van der Waals surface area contributed by atoms with E-state index < -0.39 is 0 Å². The first kappa shape index (κ1) is 13.8. The van der Waals surface area contributed by atoms with Crippen molar-refractivity contribution >= 4 is 32.5 Å². The van der Waals surface area contributed by atoms with Crippen LogP contribution in [0.3, 0.4) is 0 Å². The molecule has 1 aromatic carbocycles. The van der Waals surface area contributed by atoms with E-state index >= 15 is 0 Å². The number of halogens is 1. The van der Waals surface area contributed by atoms with Gasteiger partial charge in [0.2, 0.25) is 0 Å². The summed E-state index contributed by atoms with van der Waals surface area (Å²) in [6, 6.07) is 8.74. The lowest BCUT2D eigenvalue weighted by Gasteiger charge is -2.27. The molecular formula is C16H19BrN2O. The second kappa shape index (κ2) is 5.70. The van der Waals surface area contributed by atoms with E-state index in [2.05, 4.69) is 38.4 Å². The molecule has 1 fully saturated rings. The molecule has 1 aliphatic carbocycles. The number of rotatable bonds is 2. The Labute approximate surface area is 127 Å². The summed E-state index contributed by atoms with van der Waals surface area (Å²) in [4.78, 5) is 4.58. The molecule has 1 heterocycles. The summed E-state index contributed by atoms with van der Waals surface area (Å²) in [5.41, 5.74) is 3.19. The maximum absolute atomic E-state index is 9.60. The van der Waals surface area contributed by atoms with E-state index in [0.717, 1.165) is 52.4 Å². The number of aryl methyl sites for hydroxylation is 1. The lowest BCUT2D eigenvalue weighted by atomic mass is 9.93. The van der Waals surface area contributed by atoms with E-state index in [9.17, 15) is 5.11 Å². The molecular weight excluding hydrogens is 316 g/mol. The number of nitrogens with one attached hydrogen (secondary N) is 1. The molecule has 2 aromatic rings. The number of hydrogen-bond donors (Lipinski definition) is 2. The number of benzene rings is 1. The number of nitrogens with zero attached hydrogens (tertiary/aromatic N) is 1. The van der Waals surface area contributed by atoms with E-state index in [1.54, 1.807) is 0 Å². The topological polar surface area (TPSA) is 45.1 Å². The molecule has 0 amide bonds. The van der Waals surface area contributed by atoms with E-state index in [1.165, 1.54) is 0 Å². The SMILES string of the molecule is Cc1cc(NC2CCC(O)CC2)c2cc(Br)ccc2n1. The fourth-order valence-corrected chi connectivity index (χ4v) is 3.25. The third-order valence-corrected chi connectivity index (χ3v) is 4.45. The van der Waals surface area contributed by atoms with Crippen molar-refractivity contribution < 1.29 is 5.11 Å². The summed E-state index contributed by atoms with van der Waals surface area (Å²) in [5.74, 6) is 0. The molecule has 20 heavy (non-hydrogen) atoms. The number of pyridine rings is 1. The number of aromatic nitrogens is 1. The molecule has 0 saturated heterocycles. The first-order valence-electron chi connectivity index (χ1n) is 7.13. The van der Waals surface area contributed by atoms with Gasteiger partial charge in [-0.25, -0.2) is 0 Å². The lowest BCUT2D eigenvalue weighted by molar-refractivity contribution is 0.126. The summed E-state index contributed by atoms with van der Waals surface area (Å²) < 4.78 is 1.07. The number of fused-ring (bicyclic) bond motifs is 1. The van der Waals surface area contributed by atoms with Crippen LogP contribution >= 0.6 is 15.9 Å². The maximum atomic E-state index is 9.60. The molecule has 106 valence electrons. The highest BCUT2D eigenvalue weighted by atomic mass is 79.9. The minimum Gasteiger partial charge on any atom is -0.393 e. The van der Waals surface area contributed by atoms with Crippen LogP contribution in [0.1, 0.15) is 31.4 Å². The van der Waals surface area contributed by atoms with Crippen molar-refractivity contribution in [3.8, 4) is 0 Å². The highest BCUT2D eigenvalue weighted by Gasteiger charge is 2.19. The molecule has 1 saturated carbocycles. The van der Waals surface area contributed by atoms with Gasteiger partial charge < -0.3 is 10.4 Å². The number of aliphatic hydroxyl groups excluding tert-OH is 1. The fourth-order valence-electron chi connectivity index (χ4n) is 2.89. The predicted octanol–water partition coefficient (Wildman–Crippen LogP) is 4.02. The van der Waals surface area contributed by atoms with Gasteiger partial charge in [0.15, 0.2) is 0 Å². The van der Waals surface area contributed by atoms with Crippen molar-refractivity contribution in [1.82, 2.24) is 4.98 Å². The zero-order valence-electron chi connectivity index (χ0n) is 11.6. The molecule has 3 nitrogen and oxygen atoms in total. The van der Waals surface area contributed by atoms with Crippen molar-refractivity contribution in [2.75, 3.05) is 5.32 Å². The minimum atomic E-state index is -0.113. The highest BCUT2D eigenvalue weighted by Crippen LogP contribution is 2.29. The van der Waals surface area contributed by atoms with Gasteiger partial charge in [-0.05, 0) is 56.9 Å². The van der Waals surface area contributed by atoms with Crippen molar-refractivity contribution in [2.24, 2.45) is 0 Å². The second-order valence-electron chi connectivity index (χ2n) is 5.62. The largest absolute Gasteiger partial charge is 0.393 e. The normalized spacial score (nSPS) is 22.9. The summed E-state index contributed by atoms with van der Waals surface area (Å²) in [7, 11) is 0. The highest BCUT2D eigenvalue weighted by molar-refractivity contribution is 9.10.